The molecule has 9 heteroatoms. The minimum atomic E-state index is -3.77. The first-order chi connectivity index (χ1) is 11.4. The van der Waals surface area contributed by atoms with Crippen LogP contribution in [0.5, 0.6) is 0 Å². The summed E-state index contributed by atoms with van der Waals surface area (Å²) in [5.74, 6) is 0.509. The highest BCUT2D eigenvalue weighted by atomic mass is 32.2. The van der Waals surface area contributed by atoms with Crippen LogP contribution in [0.1, 0.15) is 19.8 Å². The van der Waals surface area contributed by atoms with Gasteiger partial charge in [-0.25, -0.2) is 18.2 Å². The molecule has 1 aliphatic heterocycles. The van der Waals surface area contributed by atoms with Gasteiger partial charge in [-0.15, -0.1) is 18.3 Å². The Labute approximate surface area is 142 Å². The molecule has 1 saturated heterocycles. The van der Waals surface area contributed by atoms with Crippen LogP contribution in [0.25, 0.3) is 0 Å². The van der Waals surface area contributed by atoms with Gasteiger partial charge in [-0.1, -0.05) is 19.1 Å². The molecule has 8 nitrogen and oxygen atoms in total. The number of amides is 1. The van der Waals surface area contributed by atoms with E-state index in [9.17, 15) is 13.2 Å². The monoisotopic (exact) mass is 353 g/mol. The number of hydrogen-bond acceptors (Lipinski definition) is 5. The zero-order valence-electron chi connectivity index (χ0n) is 13.8. The number of carbonyl (C=O) groups excluding carboxylic acids is 1. The second-order valence-corrected chi connectivity index (χ2v) is 7.65. The first kappa shape index (κ1) is 18.3. The second kappa shape index (κ2) is 7.71. The van der Waals surface area contributed by atoms with E-state index in [2.05, 4.69) is 30.2 Å². The Morgan fingerprint density at radius 1 is 1.33 bits per heavy atom. The summed E-state index contributed by atoms with van der Waals surface area (Å²) in [4.78, 5) is 17.6. The molecule has 1 fully saturated rings. The highest BCUT2D eigenvalue weighted by Gasteiger charge is 2.32. The molecule has 0 aromatic carbocycles. The summed E-state index contributed by atoms with van der Waals surface area (Å²) in [6, 6.07) is -0.476. The van der Waals surface area contributed by atoms with Crippen LogP contribution in [0, 0.1) is 5.92 Å². The van der Waals surface area contributed by atoms with Crippen LogP contribution >= 0.6 is 0 Å². The Hall–Kier alpha value is -2.00. The van der Waals surface area contributed by atoms with Gasteiger partial charge >= 0.3 is 6.03 Å². The first-order valence-corrected chi connectivity index (χ1v) is 9.27. The molecule has 2 heterocycles. The van der Waals surface area contributed by atoms with Crippen molar-refractivity contribution in [2.75, 3.05) is 26.2 Å². The topological polar surface area (TPSA) is 88.4 Å². The number of aromatic nitrogens is 3. The van der Waals surface area contributed by atoms with Crippen molar-refractivity contribution in [2.24, 2.45) is 5.92 Å². The van der Waals surface area contributed by atoms with E-state index in [4.69, 9.17) is 0 Å². The molecule has 0 saturated carbocycles. The van der Waals surface area contributed by atoms with E-state index < -0.39 is 16.1 Å². The third-order valence-electron chi connectivity index (χ3n) is 3.95. The number of carbonyl (C=O) groups is 1. The molecule has 2 rings (SSSR count). The maximum absolute atomic E-state index is 12.6. The summed E-state index contributed by atoms with van der Waals surface area (Å²) in [5.41, 5.74) is 0. The average Bonchev–Trinajstić information content (AvgIpc) is 3.05. The number of piperidine rings is 1. The molecule has 0 bridgehead atoms. The molecule has 1 aromatic heterocycles. The van der Waals surface area contributed by atoms with Crippen molar-refractivity contribution in [1.29, 1.82) is 0 Å². The van der Waals surface area contributed by atoms with Gasteiger partial charge in [0.2, 0.25) is 0 Å². The van der Waals surface area contributed by atoms with Gasteiger partial charge in [-0.3, -0.25) is 0 Å². The van der Waals surface area contributed by atoms with Crippen molar-refractivity contribution < 1.29 is 13.2 Å². The van der Waals surface area contributed by atoms with Crippen LogP contribution in [0.4, 0.5) is 4.79 Å². The highest BCUT2D eigenvalue weighted by molar-refractivity contribution is 7.88. The van der Waals surface area contributed by atoms with Crippen molar-refractivity contribution in [1.82, 2.24) is 24.0 Å². The van der Waals surface area contributed by atoms with Crippen molar-refractivity contribution >= 4 is 16.1 Å². The zero-order chi connectivity index (χ0) is 17.7. The summed E-state index contributed by atoms with van der Waals surface area (Å²) >= 11 is 0. The second-order valence-electron chi connectivity index (χ2n) is 5.82. The third-order valence-corrected chi connectivity index (χ3v) is 5.64. The molecule has 0 aliphatic carbocycles. The minimum absolute atomic E-state index is 0.302. The number of hydrogen-bond donors (Lipinski definition) is 0. The Morgan fingerprint density at radius 3 is 2.46 bits per heavy atom. The Balaban J connectivity index is 2.18. The van der Waals surface area contributed by atoms with Gasteiger partial charge < -0.3 is 4.90 Å². The summed E-state index contributed by atoms with van der Waals surface area (Å²) in [6.45, 7) is 10.8. The summed E-state index contributed by atoms with van der Waals surface area (Å²) in [5, 5.41) is 3.53. The molecule has 0 atom stereocenters. The maximum atomic E-state index is 12.6. The number of sulfonamides is 1. The first-order valence-electron chi connectivity index (χ1n) is 7.83. The van der Waals surface area contributed by atoms with Crippen molar-refractivity contribution in [3.05, 3.63) is 31.6 Å². The summed E-state index contributed by atoms with van der Waals surface area (Å²) < 4.78 is 27.5. The van der Waals surface area contributed by atoms with Gasteiger partial charge in [0.25, 0.3) is 15.2 Å². The lowest BCUT2D eigenvalue weighted by Gasteiger charge is -2.28. The lowest BCUT2D eigenvalue weighted by Crippen LogP contribution is -2.39. The predicted molar refractivity (Wildman–Crippen MR) is 89.9 cm³/mol. The van der Waals surface area contributed by atoms with E-state index in [-0.39, 0.29) is 5.16 Å². The molecule has 0 unspecified atom stereocenters. The fourth-order valence-corrected chi connectivity index (χ4v) is 3.78. The normalized spacial score (nSPS) is 16.7. The van der Waals surface area contributed by atoms with Gasteiger partial charge in [-0.2, -0.15) is 8.99 Å². The van der Waals surface area contributed by atoms with Gasteiger partial charge in [0.05, 0.1) is 0 Å². The lowest BCUT2D eigenvalue weighted by atomic mass is 10.0. The largest absolute Gasteiger partial charge is 0.346 e. The molecule has 24 heavy (non-hydrogen) atoms. The van der Waals surface area contributed by atoms with Crippen molar-refractivity contribution in [3.63, 3.8) is 0 Å². The Bertz CT molecular complexity index is 694. The van der Waals surface area contributed by atoms with Crippen LogP contribution in [0.3, 0.4) is 0 Å². The van der Waals surface area contributed by atoms with E-state index in [1.807, 2.05) is 0 Å². The Kier molecular flexibility index (Phi) is 5.89. The molecular formula is C15H23N5O3S. The fourth-order valence-electron chi connectivity index (χ4n) is 2.49. The molecule has 1 amide bonds. The molecule has 0 N–H and O–H groups in total. The van der Waals surface area contributed by atoms with E-state index in [1.54, 1.807) is 12.2 Å². The quantitative estimate of drug-likeness (QED) is 0.720. The van der Waals surface area contributed by atoms with Crippen molar-refractivity contribution in [2.45, 2.75) is 24.9 Å². The molecule has 0 radical (unpaired) electrons. The molecular weight excluding hydrogens is 330 g/mol. The van der Waals surface area contributed by atoms with Gasteiger partial charge in [-0.05, 0) is 18.8 Å². The predicted octanol–water partition coefficient (Wildman–Crippen LogP) is 1.34. The van der Waals surface area contributed by atoms with Gasteiger partial charge in [0, 0.05) is 26.2 Å². The van der Waals surface area contributed by atoms with Crippen LogP contribution in [-0.4, -0.2) is 64.6 Å². The van der Waals surface area contributed by atoms with Crippen LogP contribution in [0.2, 0.25) is 0 Å². The minimum Gasteiger partial charge on any atom is -0.315 e. The van der Waals surface area contributed by atoms with E-state index in [1.165, 1.54) is 9.21 Å². The van der Waals surface area contributed by atoms with Gasteiger partial charge in [0.1, 0.15) is 6.33 Å². The SMILES string of the molecule is C=CCN(CC=C)C(=O)n1cnc(S(=O)(=O)N2CCC(C)CC2)n1. The maximum Gasteiger partial charge on any atom is 0.346 e. The number of rotatable bonds is 6. The van der Waals surface area contributed by atoms with Crippen LogP contribution < -0.4 is 0 Å². The Morgan fingerprint density at radius 2 is 1.92 bits per heavy atom. The van der Waals surface area contributed by atoms with E-state index >= 15 is 0 Å². The molecule has 1 aromatic rings. The highest BCUT2D eigenvalue weighted by Crippen LogP contribution is 2.21. The van der Waals surface area contributed by atoms with E-state index in [0.29, 0.717) is 32.1 Å². The van der Waals surface area contributed by atoms with Gasteiger partial charge in [0.15, 0.2) is 0 Å². The van der Waals surface area contributed by atoms with E-state index in [0.717, 1.165) is 23.9 Å². The molecule has 1 aliphatic rings. The fraction of sp³-hybridized carbons (Fsp3) is 0.533. The smallest absolute Gasteiger partial charge is 0.315 e. The van der Waals surface area contributed by atoms with Crippen LogP contribution in [-0.2, 0) is 10.0 Å². The summed E-state index contributed by atoms with van der Waals surface area (Å²) in [7, 11) is -3.77. The summed E-state index contributed by atoms with van der Waals surface area (Å²) in [6.07, 6.45) is 5.90. The molecule has 132 valence electrons. The third kappa shape index (κ3) is 3.90. The zero-order valence-corrected chi connectivity index (χ0v) is 14.7. The number of nitrogens with zero attached hydrogens (tertiary/aromatic N) is 5. The van der Waals surface area contributed by atoms with Crippen LogP contribution in [0.15, 0.2) is 36.8 Å². The standard InChI is InChI=1S/C15H23N5O3S/c1-4-8-18(9-5-2)15(21)20-12-16-14(17-20)24(22,23)19-10-6-13(3)7-11-19/h4-5,12-13H,1-2,6-11H2,3H3. The van der Waals surface area contributed by atoms with Crippen molar-refractivity contribution in [3.8, 4) is 0 Å². The lowest BCUT2D eigenvalue weighted by molar-refractivity contribution is 0.206. The average molecular weight is 353 g/mol. The molecule has 0 spiro atoms.